The molecule has 0 bridgehead atoms. The summed E-state index contributed by atoms with van der Waals surface area (Å²) in [6, 6.07) is 6.90. The van der Waals surface area contributed by atoms with Gasteiger partial charge in [0.05, 0.1) is 6.54 Å². The summed E-state index contributed by atoms with van der Waals surface area (Å²) in [5.74, 6) is -1.64. The molecular weight excluding hydrogens is 308 g/mol. The summed E-state index contributed by atoms with van der Waals surface area (Å²) in [6.45, 7) is 5.54. The molecule has 1 aromatic carbocycles. The van der Waals surface area contributed by atoms with Crippen LogP contribution in [0.5, 0.6) is 0 Å². The average Bonchev–Trinajstić information content (AvgIpc) is 2.51. The smallest absolute Gasteiger partial charge is 0.326 e. The zero-order valence-corrected chi connectivity index (χ0v) is 14.5. The van der Waals surface area contributed by atoms with Gasteiger partial charge in [0.25, 0.3) is 0 Å². The number of rotatable bonds is 9. The minimum atomic E-state index is -1.07. The summed E-state index contributed by atoms with van der Waals surface area (Å²) in [7, 11) is 0. The molecule has 0 spiro atoms. The highest BCUT2D eigenvalue weighted by Gasteiger charge is 2.21. The van der Waals surface area contributed by atoms with Crippen LogP contribution in [0.15, 0.2) is 24.3 Å². The highest BCUT2D eigenvalue weighted by atomic mass is 16.4. The van der Waals surface area contributed by atoms with E-state index in [-0.39, 0.29) is 24.8 Å². The predicted octanol–water partition coefficient (Wildman–Crippen LogP) is 1.66. The quantitative estimate of drug-likeness (QED) is 0.640. The van der Waals surface area contributed by atoms with Crippen molar-refractivity contribution in [2.45, 2.75) is 46.1 Å². The van der Waals surface area contributed by atoms with Crippen LogP contribution in [0, 0.1) is 12.8 Å². The van der Waals surface area contributed by atoms with Crippen molar-refractivity contribution in [2.24, 2.45) is 5.92 Å². The summed E-state index contributed by atoms with van der Waals surface area (Å²) in [5, 5.41) is 14.0. The molecule has 6 heteroatoms. The first-order valence-corrected chi connectivity index (χ1v) is 8.13. The summed E-state index contributed by atoms with van der Waals surface area (Å²) in [4.78, 5) is 34.7. The van der Waals surface area contributed by atoms with Crippen molar-refractivity contribution >= 4 is 17.8 Å². The number of nitrogens with one attached hydrogen (secondary N) is 2. The van der Waals surface area contributed by atoms with E-state index < -0.39 is 17.9 Å². The van der Waals surface area contributed by atoms with E-state index in [1.807, 2.05) is 45.0 Å². The van der Waals surface area contributed by atoms with Gasteiger partial charge in [-0.1, -0.05) is 38.1 Å². The Balaban J connectivity index is 2.36. The van der Waals surface area contributed by atoms with E-state index in [1.54, 1.807) is 0 Å². The molecule has 1 rings (SSSR count). The van der Waals surface area contributed by atoms with E-state index in [0.29, 0.717) is 12.8 Å². The summed E-state index contributed by atoms with van der Waals surface area (Å²) >= 11 is 0. The first kappa shape index (κ1) is 19.7. The number of carbonyl (C=O) groups is 3. The molecular formula is C18H26N2O4. The second kappa shape index (κ2) is 9.70. The number of carboxylic acid groups (broad SMARTS) is 1. The fraction of sp³-hybridized carbons (Fsp3) is 0.500. The molecule has 6 nitrogen and oxygen atoms in total. The van der Waals surface area contributed by atoms with Gasteiger partial charge in [0, 0.05) is 6.42 Å². The lowest BCUT2D eigenvalue weighted by Crippen LogP contribution is -2.46. The van der Waals surface area contributed by atoms with Crippen molar-refractivity contribution in [3.63, 3.8) is 0 Å². The van der Waals surface area contributed by atoms with Gasteiger partial charge in [0.1, 0.15) is 6.04 Å². The fourth-order valence-electron chi connectivity index (χ4n) is 2.34. The van der Waals surface area contributed by atoms with Gasteiger partial charge in [-0.2, -0.15) is 0 Å². The van der Waals surface area contributed by atoms with Gasteiger partial charge in [0.2, 0.25) is 11.8 Å². The molecule has 0 unspecified atom stereocenters. The van der Waals surface area contributed by atoms with Crippen LogP contribution in [-0.4, -0.2) is 35.5 Å². The van der Waals surface area contributed by atoms with Crippen LogP contribution in [0.25, 0.3) is 0 Å². The predicted molar refractivity (Wildman–Crippen MR) is 91.5 cm³/mol. The Hall–Kier alpha value is -2.37. The van der Waals surface area contributed by atoms with E-state index in [1.165, 1.54) is 0 Å². The maximum absolute atomic E-state index is 11.8. The summed E-state index contributed by atoms with van der Waals surface area (Å²) in [6.07, 6.45) is 1.24. The van der Waals surface area contributed by atoms with E-state index in [0.717, 1.165) is 11.1 Å². The van der Waals surface area contributed by atoms with Crippen molar-refractivity contribution in [3.8, 4) is 0 Å². The molecule has 0 saturated heterocycles. The van der Waals surface area contributed by atoms with Crippen LogP contribution in [0.4, 0.5) is 0 Å². The van der Waals surface area contributed by atoms with Gasteiger partial charge < -0.3 is 15.7 Å². The SMILES string of the molecule is Cc1ccccc1CCC(=O)NCC(=O)N[C@@H](CC(C)C)C(=O)O. The molecule has 1 aromatic rings. The molecule has 0 radical (unpaired) electrons. The van der Waals surface area contributed by atoms with E-state index in [2.05, 4.69) is 10.6 Å². The molecule has 3 N–H and O–H groups in total. The zero-order chi connectivity index (χ0) is 18.1. The van der Waals surface area contributed by atoms with Crippen molar-refractivity contribution < 1.29 is 19.5 Å². The molecule has 132 valence electrons. The monoisotopic (exact) mass is 334 g/mol. The van der Waals surface area contributed by atoms with Crippen molar-refractivity contribution in [1.82, 2.24) is 10.6 Å². The van der Waals surface area contributed by atoms with Gasteiger partial charge in [-0.25, -0.2) is 4.79 Å². The molecule has 0 fully saturated rings. The number of hydrogen-bond donors (Lipinski definition) is 3. The number of carbonyl (C=O) groups excluding carboxylic acids is 2. The molecule has 2 amide bonds. The Labute approximate surface area is 142 Å². The number of amides is 2. The Morgan fingerprint density at radius 3 is 2.38 bits per heavy atom. The highest BCUT2D eigenvalue weighted by molar-refractivity contribution is 5.87. The number of aliphatic carboxylic acids is 1. The van der Waals surface area contributed by atoms with E-state index >= 15 is 0 Å². The first-order valence-electron chi connectivity index (χ1n) is 8.13. The third-order valence-corrected chi connectivity index (χ3v) is 3.67. The zero-order valence-electron chi connectivity index (χ0n) is 14.5. The van der Waals surface area contributed by atoms with Crippen LogP contribution in [-0.2, 0) is 20.8 Å². The topological polar surface area (TPSA) is 95.5 Å². The number of aryl methyl sites for hydroxylation is 2. The molecule has 0 heterocycles. The number of hydrogen-bond acceptors (Lipinski definition) is 3. The minimum Gasteiger partial charge on any atom is -0.480 e. The van der Waals surface area contributed by atoms with Crippen molar-refractivity contribution in [3.05, 3.63) is 35.4 Å². The molecule has 0 aromatic heterocycles. The largest absolute Gasteiger partial charge is 0.480 e. The maximum Gasteiger partial charge on any atom is 0.326 e. The van der Waals surface area contributed by atoms with Crippen LogP contribution in [0.2, 0.25) is 0 Å². The van der Waals surface area contributed by atoms with Crippen molar-refractivity contribution in [2.75, 3.05) is 6.54 Å². The van der Waals surface area contributed by atoms with Gasteiger partial charge in [-0.3, -0.25) is 9.59 Å². The third kappa shape index (κ3) is 7.26. The van der Waals surface area contributed by atoms with Crippen LogP contribution < -0.4 is 10.6 Å². The minimum absolute atomic E-state index is 0.148. The van der Waals surface area contributed by atoms with Crippen LogP contribution >= 0.6 is 0 Å². The highest BCUT2D eigenvalue weighted by Crippen LogP contribution is 2.09. The Morgan fingerprint density at radius 2 is 1.79 bits per heavy atom. The Kier molecular flexibility index (Phi) is 7.95. The lowest BCUT2D eigenvalue weighted by molar-refractivity contribution is -0.142. The van der Waals surface area contributed by atoms with Gasteiger partial charge >= 0.3 is 5.97 Å². The first-order chi connectivity index (χ1) is 11.3. The van der Waals surface area contributed by atoms with Gasteiger partial charge in [0.15, 0.2) is 0 Å². The lowest BCUT2D eigenvalue weighted by atomic mass is 10.0. The second-order valence-corrected chi connectivity index (χ2v) is 6.29. The summed E-state index contributed by atoms with van der Waals surface area (Å²) < 4.78 is 0. The number of benzene rings is 1. The molecule has 0 aliphatic rings. The average molecular weight is 334 g/mol. The van der Waals surface area contributed by atoms with Crippen LogP contribution in [0.1, 0.15) is 37.8 Å². The standard InChI is InChI=1S/C18H26N2O4/c1-12(2)10-15(18(23)24)20-17(22)11-19-16(21)9-8-14-7-5-4-6-13(14)3/h4-7,12,15H,8-11H2,1-3H3,(H,19,21)(H,20,22)(H,23,24)/t15-/m0/s1. The van der Waals surface area contributed by atoms with Gasteiger partial charge in [-0.05, 0) is 36.8 Å². The normalized spacial score (nSPS) is 11.8. The third-order valence-electron chi connectivity index (χ3n) is 3.67. The van der Waals surface area contributed by atoms with Crippen molar-refractivity contribution in [1.29, 1.82) is 0 Å². The molecule has 0 aliphatic carbocycles. The Morgan fingerprint density at radius 1 is 1.12 bits per heavy atom. The molecule has 0 saturated carbocycles. The van der Waals surface area contributed by atoms with Crippen LogP contribution in [0.3, 0.4) is 0 Å². The lowest BCUT2D eigenvalue weighted by Gasteiger charge is -2.16. The molecule has 1 atom stereocenters. The molecule has 24 heavy (non-hydrogen) atoms. The van der Waals surface area contributed by atoms with E-state index in [4.69, 9.17) is 5.11 Å². The summed E-state index contributed by atoms with van der Waals surface area (Å²) in [5.41, 5.74) is 2.22. The Bertz CT molecular complexity index is 584. The maximum atomic E-state index is 11.8. The fourth-order valence-corrected chi connectivity index (χ4v) is 2.34. The molecule has 0 aliphatic heterocycles. The van der Waals surface area contributed by atoms with Gasteiger partial charge in [-0.15, -0.1) is 0 Å². The van der Waals surface area contributed by atoms with E-state index in [9.17, 15) is 14.4 Å². The second-order valence-electron chi connectivity index (χ2n) is 6.29. The number of carboxylic acids is 1.